The maximum absolute atomic E-state index is 12.0. The van der Waals surface area contributed by atoms with Gasteiger partial charge in [-0.1, -0.05) is 18.9 Å². The third kappa shape index (κ3) is 5.09. The molecule has 1 N–H and O–H groups in total. The van der Waals surface area contributed by atoms with Gasteiger partial charge in [0.1, 0.15) is 19.0 Å². The summed E-state index contributed by atoms with van der Waals surface area (Å²) in [6.45, 7) is 1.30. The highest BCUT2D eigenvalue weighted by Crippen LogP contribution is 2.21. The van der Waals surface area contributed by atoms with Gasteiger partial charge >= 0.3 is 0 Å². The Balaban J connectivity index is 1.42. The highest BCUT2D eigenvalue weighted by molar-refractivity contribution is 5.91. The lowest BCUT2D eigenvalue weighted by Gasteiger charge is -2.12. The second kappa shape index (κ2) is 8.49. The number of ether oxygens (including phenoxy) is 2. The fraction of sp³-hybridized carbons (Fsp3) is 0.444. The minimum Gasteiger partial charge on any atom is -0.492 e. The van der Waals surface area contributed by atoms with Crippen molar-refractivity contribution in [3.05, 3.63) is 42.7 Å². The van der Waals surface area contributed by atoms with Gasteiger partial charge in [-0.15, -0.1) is 0 Å². The van der Waals surface area contributed by atoms with E-state index in [4.69, 9.17) is 9.47 Å². The van der Waals surface area contributed by atoms with Crippen LogP contribution >= 0.6 is 0 Å². The molecule has 2 aromatic rings. The van der Waals surface area contributed by atoms with Gasteiger partial charge in [0.2, 0.25) is 5.91 Å². The molecule has 0 atom stereocenters. The number of nitrogens with one attached hydrogen (secondary N) is 1. The van der Waals surface area contributed by atoms with Crippen molar-refractivity contribution in [2.24, 2.45) is 0 Å². The van der Waals surface area contributed by atoms with Crippen molar-refractivity contribution < 1.29 is 14.3 Å². The van der Waals surface area contributed by atoms with Crippen molar-refractivity contribution in [1.29, 1.82) is 0 Å². The van der Waals surface area contributed by atoms with Gasteiger partial charge in [0.05, 0.1) is 12.6 Å². The highest BCUT2D eigenvalue weighted by atomic mass is 16.5. The molecule has 0 radical (unpaired) electrons. The zero-order valence-corrected chi connectivity index (χ0v) is 13.7. The molecule has 0 saturated heterocycles. The quantitative estimate of drug-likeness (QED) is 0.809. The molecule has 1 aromatic carbocycles. The minimum atomic E-state index is -0.129. The van der Waals surface area contributed by atoms with Crippen molar-refractivity contribution in [3.8, 4) is 5.75 Å². The van der Waals surface area contributed by atoms with Crippen molar-refractivity contribution >= 4 is 11.6 Å². The third-order valence-corrected chi connectivity index (χ3v) is 4.02. The SMILES string of the molecule is O=C(COC1CCCC1)Nc1cccc(OCCn2cccn2)c1. The second-order valence-corrected chi connectivity index (χ2v) is 5.91. The Bertz CT molecular complexity index is 637. The molecular weight excluding hydrogens is 306 g/mol. The molecule has 1 heterocycles. The maximum Gasteiger partial charge on any atom is 0.250 e. The number of benzene rings is 1. The van der Waals surface area contributed by atoms with Crippen molar-refractivity contribution in [2.75, 3.05) is 18.5 Å². The van der Waals surface area contributed by atoms with Crippen LogP contribution in [0, 0.1) is 0 Å². The Morgan fingerprint density at radius 2 is 2.17 bits per heavy atom. The van der Waals surface area contributed by atoms with E-state index in [-0.39, 0.29) is 18.6 Å². The molecule has 0 bridgehead atoms. The van der Waals surface area contributed by atoms with E-state index in [0.717, 1.165) is 18.6 Å². The molecule has 0 spiro atoms. The fourth-order valence-corrected chi connectivity index (χ4v) is 2.80. The van der Waals surface area contributed by atoms with Crippen LogP contribution in [-0.2, 0) is 16.1 Å². The van der Waals surface area contributed by atoms with Crippen LogP contribution in [0.5, 0.6) is 5.75 Å². The summed E-state index contributed by atoms with van der Waals surface area (Å²) in [6.07, 6.45) is 8.40. The zero-order valence-electron chi connectivity index (χ0n) is 13.7. The fourth-order valence-electron chi connectivity index (χ4n) is 2.80. The van der Waals surface area contributed by atoms with Crippen LogP contribution in [0.15, 0.2) is 42.7 Å². The summed E-state index contributed by atoms with van der Waals surface area (Å²) < 4.78 is 13.1. The van der Waals surface area contributed by atoms with Crippen molar-refractivity contribution in [2.45, 2.75) is 38.3 Å². The normalized spacial score (nSPS) is 14.7. The highest BCUT2D eigenvalue weighted by Gasteiger charge is 2.16. The summed E-state index contributed by atoms with van der Waals surface area (Å²) in [5.74, 6) is 0.590. The molecule has 6 nitrogen and oxygen atoms in total. The summed E-state index contributed by atoms with van der Waals surface area (Å²) in [4.78, 5) is 12.0. The Labute approximate surface area is 141 Å². The van der Waals surface area contributed by atoms with Crippen molar-refractivity contribution in [1.82, 2.24) is 9.78 Å². The molecule has 128 valence electrons. The largest absolute Gasteiger partial charge is 0.492 e. The summed E-state index contributed by atoms with van der Waals surface area (Å²) in [6, 6.07) is 9.26. The smallest absolute Gasteiger partial charge is 0.250 e. The third-order valence-electron chi connectivity index (χ3n) is 4.02. The summed E-state index contributed by atoms with van der Waals surface area (Å²) >= 11 is 0. The van der Waals surface area contributed by atoms with E-state index < -0.39 is 0 Å². The van der Waals surface area contributed by atoms with Crippen LogP contribution in [0.3, 0.4) is 0 Å². The molecule has 0 aliphatic heterocycles. The number of hydrogen-bond acceptors (Lipinski definition) is 4. The number of aromatic nitrogens is 2. The first-order valence-electron chi connectivity index (χ1n) is 8.41. The number of nitrogens with zero attached hydrogens (tertiary/aromatic N) is 2. The van der Waals surface area contributed by atoms with E-state index in [1.54, 1.807) is 6.20 Å². The van der Waals surface area contributed by atoms with Gasteiger partial charge in [0, 0.05) is 24.1 Å². The van der Waals surface area contributed by atoms with Crippen LogP contribution in [0.4, 0.5) is 5.69 Å². The van der Waals surface area contributed by atoms with E-state index in [9.17, 15) is 4.79 Å². The second-order valence-electron chi connectivity index (χ2n) is 5.91. The first kappa shape index (κ1) is 16.5. The summed E-state index contributed by atoms with van der Waals surface area (Å²) in [7, 11) is 0. The molecule has 24 heavy (non-hydrogen) atoms. The standard InChI is InChI=1S/C18H23N3O3/c22-18(14-24-16-6-1-2-7-16)20-15-5-3-8-17(13-15)23-12-11-21-10-4-9-19-21/h3-5,8-10,13,16H,1-2,6-7,11-12,14H2,(H,20,22). The number of carbonyl (C=O) groups is 1. The van der Waals surface area contributed by atoms with Crippen LogP contribution in [0.25, 0.3) is 0 Å². The van der Waals surface area contributed by atoms with Crippen LogP contribution in [0.1, 0.15) is 25.7 Å². The molecule has 3 rings (SSSR count). The lowest BCUT2D eigenvalue weighted by atomic mass is 10.3. The van der Waals surface area contributed by atoms with E-state index >= 15 is 0 Å². The average molecular weight is 329 g/mol. The van der Waals surface area contributed by atoms with E-state index in [0.29, 0.717) is 18.8 Å². The molecule has 1 aliphatic carbocycles. The Hall–Kier alpha value is -2.34. The average Bonchev–Trinajstić information content (AvgIpc) is 3.27. The molecular formula is C18H23N3O3. The number of amides is 1. The topological polar surface area (TPSA) is 65.4 Å². The molecule has 1 fully saturated rings. The van der Waals surface area contributed by atoms with Crippen LogP contribution in [-0.4, -0.2) is 35.0 Å². The van der Waals surface area contributed by atoms with E-state index in [2.05, 4.69) is 10.4 Å². The van der Waals surface area contributed by atoms with Crippen LogP contribution < -0.4 is 10.1 Å². The lowest BCUT2D eigenvalue weighted by Crippen LogP contribution is -2.21. The molecule has 0 unspecified atom stereocenters. The van der Waals surface area contributed by atoms with Gasteiger partial charge in [-0.25, -0.2) is 0 Å². The molecule has 1 amide bonds. The van der Waals surface area contributed by atoms with E-state index in [1.807, 2.05) is 41.2 Å². The maximum atomic E-state index is 12.0. The van der Waals surface area contributed by atoms with Gasteiger partial charge in [0.25, 0.3) is 0 Å². The van der Waals surface area contributed by atoms with Crippen molar-refractivity contribution in [3.63, 3.8) is 0 Å². The summed E-state index contributed by atoms with van der Waals surface area (Å²) in [5, 5.41) is 6.97. The zero-order chi connectivity index (χ0) is 16.6. The Morgan fingerprint density at radius 1 is 1.29 bits per heavy atom. The predicted molar refractivity (Wildman–Crippen MR) is 91.0 cm³/mol. The number of rotatable bonds is 8. The monoisotopic (exact) mass is 329 g/mol. The number of anilines is 1. The number of hydrogen-bond donors (Lipinski definition) is 1. The molecule has 1 aromatic heterocycles. The minimum absolute atomic E-state index is 0.106. The predicted octanol–water partition coefficient (Wildman–Crippen LogP) is 2.86. The van der Waals surface area contributed by atoms with Crippen LogP contribution in [0.2, 0.25) is 0 Å². The molecule has 6 heteroatoms. The van der Waals surface area contributed by atoms with Gasteiger partial charge < -0.3 is 14.8 Å². The van der Waals surface area contributed by atoms with Gasteiger partial charge in [-0.2, -0.15) is 5.10 Å². The van der Waals surface area contributed by atoms with Gasteiger partial charge in [-0.3, -0.25) is 9.48 Å². The Morgan fingerprint density at radius 3 is 2.96 bits per heavy atom. The lowest BCUT2D eigenvalue weighted by molar-refractivity contribution is -0.122. The van der Waals surface area contributed by atoms with E-state index in [1.165, 1.54) is 12.8 Å². The number of carbonyl (C=O) groups excluding carboxylic acids is 1. The molecule has 1 aliphatic rings. The van der Waals surface area contributed by atoms with Gasteiger partial charge in [0.15, 0.2) is 0 Å². The first-order valence-corrected chi connectivity index (χ1v) is 8.41. The first-order chi connectivity index (χ1) is 11.8. The van der Waals surface area contributed by atoms with Gasteiger partial charge in [-0.05, 0) is 31.0 Å². The molecule has 1 saturated carbocycles. The Kier molecular flexibility index (Phi) is 5.85. The summed E-state index contributed by atoms with van der Waals surface area (Å²) in [5.41, 5.74) is 0.714.